The molecular weight excluding hydrogens is 138 g/mol. The predicted octanol–water partition coefficient (Wildman–Crippen LogP) is 0.163. The monoisotopic (exact) mass is 145 g/mol. The number of carbonyl (C=O) groups is 1. The molecule has 2 N–H and O–H groups in total. The number of carbonyl (C=O) groups excluding carboxylic acids is 1. The second kappa shape index (κ2) is 2.89. The number of rotatable bonds is 1. The van der Waals surface area contributed by atoms with Crippen LogP contribution in [0.2, 0.25) is 0 Å². The van der Waals surface area contributed by atoms with Crippen molar-refractivity contribution in [3.63, 3.8) is 0 Å². The first-order chi connectivity index (χ1) is 4.34. The maximum atomic E-state index is 10.6. The van der Waals surface area contributed by atoms with E-state index in [0.717, 1.165) is 5.75 Å². The van der Waals surface area contributed by atoms with Crippen LogP contribution in [-0.2, 0) is 4.79 Å². The van der Waals surface area contributed by atoms with Gasteiger partial charge in [0.25, 0.3) is 5.91 Å². The van der Waals surface area contributed by atoms with Crippen molar-refractivity contribution in [3.8, 4) is 0 Å². The van der Waals surface area contributed by atoms with E-state index in [9.17, 15) is 4.79 Å². The van der Waals surface area contributed by atoms with Crippen LogP contribution >= 0.6 is 11.8 Å². The summed E-state index contributed by atoms with van der Waals surface area (Å²) in [7, 11) is 0. The molecule has 9 heavy (non-hydrogen) atoms. The van der Waals surface area contributed by atoms with E-state index in [1.807, 2.05) is 6.08 Å². The van der Waals surface area contributed by atoms with Gasteiger partial charge in [0.2, 0.25) is 0 Å². The van der Waals surface area contributed by atoms with Crippen molar-refractivity contribution in [2.45, 2.75) is 5.25 Å². The fourth-order valence-electron chi connectivity index (χ4n) is 0.621. The van der Waals surface area contributed by atoms with Gasteiger partial charge in [-0.3, -0.25) is 10.0 Å². The van der Waals surface area contributed by atoms with Gasteiger partial charge in [0, 0.05) is 5.75 Å². The van der Waals surface area contributed by atoms with E-state index in [2.05, 4.69) is 0 Å². The second-order valence-corrected chi connectivity index (χ2v) is 2.83. The van der Waals surface area contributed by atoms with Crippen LogP contribution in [-0.4, -0.2) is 22.1 Å². The van der Waals surface area contributed by atoms with Gasteiger partial charge in [-0.15, -0.1) is 11.8 Å². The molecule has 0 spiro atoms. The standard InChI is InChI=1S/C5H7NO2S/c7-5(6-8)4-2-1-3-9-4/h1-2,4,8H,3H2,(H,6,7). The first kappa shape index (κ1) is 6.64. The molecule has 0 aromatic carbocycles. The number of hydrogen-bond acceptors (Lipinski definition) is 3. The summed E-state index contributed by atoms with van der Waals surface area (Å²) in [6.45, 7) is 0. The molecular formula is C5H7NO2S. The van der Waals surface area contributed by atoms with Crippen LogP contribution in [0.25, 0.3) is 0 Å². The van der Waals surface area contributed by atoms with Gasteiger partial charge < -0.3 is 0 Å². The topological polar surface area (TPSA) is 49.3 Å². The summed E-state index contributed by atoms with van der Waals surface area (Å²) in [6.07, 6.45) is 3.68. The Morgan fingerprint density at radius 3 is 3.11 bits per heavy atom. The number of hydroxylamine groups is 1. The molecule has 1 heterocycles. The lowest BCUT2D eigenvalue weighted by Crippen LogP contribution is -2.27. The minimum absolute atomic E-state index is 0.185. The zero-order chi connectivity index (χ0) is 6.69. The highest BCUT2D eigenvalue weighted by molar-refractivity contribution is 8.01. The van der Waals surface area contributed by atoms with Crippen molar-refractivity contribution in [2.24, 2.45) is 0 Å². The van der Waals surface area contributed by atoms with Crippen LogP contribution in [0.1, 0.15) is 0 Å². The molecule has 50 valence electrons. The summed E-state index contributed by atoms with van der Waals surface area (Å²) in [4.78, 5) is 10.6. The number of nitrogens with one attached hydrogen (secondary N) is 1. The molecule has 1 unspecified atom stereocenters. The zero-order valence-electron chi connectivity index (χ0n) is 4.70. The Bertz CT molecular complexity index is 146. The third kappa shape index (κ3) is 1.46. The van der Waals surface area contributed by atoms with Crippen LogP contribution in [0.15, 0.2) is 12.2 Å². The first-order valence-electron chi connectivity index (χ1n) is 2.57. The van der Waals surface area contributed by atoms with Crippen LogP contribution < -0.4 is 5.48 Å². The molecule has 0 saturated heterocycles. The molecule has 0 aromatic heterocycles. The van der Waals surface area contributed by atoms with E-state index in [1.165, 1.54) is 11.8 Å². The van der Waals surface area contributed by atoms with Crippen LogP contribution in [0.5, 0.6) is 0 Å². The summed E-state index contributed by atoms with van der Waals surface area (Å²) >= 11 is 1.49. The molecule has 1 atom stereocenters. The van der Waals surface area contributed by atoms with Crippen molar-refractivity contribution < 1.29 is 10.0 Å². The highest BCUT2D eigenvalue weighted by Crippen LogP contribution is 2.18. The Balaban J connectivity index is 2.43. The van der Waals surface area contributed by atoms with E-state index in [4.69, 9.17) is 5.21 Å². The minimum atomic E-state index is -0.339. The van der Waals surface area contributed by atoms with Crippen molar-refractivity contribution in [1.29, 1.82) is 0 Å². The Morgan fingerprint density at radius 2 is 2.67 bits per heavy atom. The number of thioether (sulfide) groups is 1. The van der Waals surface area contributed by atoms with Crippen molar-refractivity contribution in [1.82, 2.24) is 5.48 Å². The Morgan fingerprint density at radius 1 is 1.89 bits per heavy atom. The van der Waals surface area contributed by atoms with E-state index in [0.29, 0.717) is 0 Å². The number of amides is 1. The fraction of sp³-hybridized carbons (Fsp3) is 0.400. The summed E-state index contributed by atoms with van der Waals surface area (Å²) in [5.74, 6) is 0.520. The quantitative estimate of drug-likeness (QED) is 0.314. The lowest BCUT2D eigenvalue weighted by molar-refractivity contribution is -0.127. The molecule has 4 heteroatoms. The van der Waals surface area contributed by atoms with Gasteiger partial charge in [-0.1, -0.05) is 12.2 Å². The number of hydrogen-bond donors (Lipinski definition) is 2. The van der Waals surface area contributed by atoms with Crippen LogP contribution in [0.4, 0.5) is 0 Å². The molecule has 0 saturated carbocycles. The highest BCUT2D eigenvalue weighted by Gasteiger charge is 2.17. The highest BCUT2D eigenvalue weighted by atomic mass is 32.2. The van der Waals surface area contributed by atoms with E-state index in [-0.39, 0.29) is 11.2 Å². The average Bonchev–Trinajstić information content (AvgIpc) is 2.37. The Labute approximate surface area is 57.1 Å². The molecule has 1 aliphatic rings. The molecule has 0 fully saturated rings. The summed E-state index contributed by atoms with van der Waals surface area (Å²) < 4.78 is 0. The lowest BCUT2D eigenvalue weighted by atomic mass is 10.4. The largest absolute Gasteiger partial charge is 0.289 e. The minimum Gasteiger partial charge on any atom is -0.289 e. The molecule has 0 radical (unpaired) electrons. The van der Waals surface area contributed by atoms with Gasteiger partial charge in [0.05, 0.1) is 0 Å². The van der Waals surface area contributed by atoms with Gasteiger partial charge in [-0.05, 0) is 0 Å². The lowest BCUT2D eigenvalue weighted by Gasteiger charge is -2.01. The van der Waals surface area contributed by atoms with E-state index in [1.54, 1.807) is 11.6 Å². The SMILES string of the molecule is O=C(NO)C1C=CCS1. The smallest absolute Gasteiger partial charge is 0.260 e. The first-order valence-corrected chi connectivity index (χ1v) is 3.61. The summed E-state index contributed by atoms with van der Waals surface area (Å²) in [6, 6.07) is 0. The molecule has 0 aromatic rings. The third-order valence-electron chi connectivity index (χ3n) is 1.05. The van der Waals surface area contributed by atoms with Gasteiger partial charge >= 0.3 is 0 Å². The molecule has 3 nitrogen and oxygen atoms in total. The van der Waals surface area contributed by atoms with E-state index < -0.39 is 0 Å². The van der Waals surface area contributed by atoms with Crippen LogP contribution in [0, 0.1) is 0 Å². The molecule has 0 bridgehead atoms. The Hall–Kier alpha value is -0.480. The van der Waals surface area contributed by atoms with Gasteiger partial charge in [0.1, 0.15) is 5.25 Å². The third-order valence-corrected chi connectivity index (χ3v) is 2.17. The fourth-order valence-corrected chi connectivity index (χ4v) is 1.48. The molecule has 1 amide bonds. The maximum Gasteiger partial charge on any atom is 0.260 e. The summed E-state index contributed by atoms with van der Waals surface area (Å²) in [5, 5.41) is 7.96. The molecule has 1 rings (SSSR count). The van der Waals surface area contributed by atoms with Crippen LogP contribution in [0.3, 0.4) is 0 Å². The van der Waals surface area contributed by atoms with Crippen molar-refractivity contribution in [2.75, 3.05) is 5.75 Å². The van der Waals surface area contributed by atoms with Gasteiger partial charge in [0.15, 0.2) is 0 Å². The van der Waals surface area contributed by atoms with Gasteiger partial charge in [-0.25, -0.2) is 5.48 Å². The zero-order valence-corrected chi connectivity index (χ0v) is 5.52. The Kier molecular flexibility index (Phi) is 2.13. The van der Waals surface area contributed by atoms with Crippen molar-refractivity contribution in [3.05, 3.63) is 12.2 Å². The molecule has 0 aliphatic carbocycles. The van der Waals surface area contributed by atoms with Crippen molar-refractivity contribution >= 4 is 17.7 Å². The predicted molar refractivity (Wildman–Crippen MR) is 35.3 cm³/mol. The van der Waals surface area contributed by atoms with Gasteiger partial charge in [-0.2, -0.15) is 0 Å². The molecule has 1 aliphatic heterocycles. The van der Waals surface area contributed by atoms with E-state index >= 15 is 0 Å². The summed E-state index contributed by atoms with van der Waals surface area (Å²) in [5.41, 5.74) is 1.60. The normalized spacial score (nSPS) is 24.3. The maximum absolute atomic E-state index is 10.6. The average molecular weight is 145 g/mol. The second-order valence-electron chi connectivity index (χ2n) is 1.66.